The zero-order chi connectivity index (χ0) is 10.4. The summed E-state index contributed by atoms with van der Waals surface area (Å²) in [6, 6.07) is 0. The number of hydrogen-bond acceptors (Lipinski definition) is 5. The molecule has 0 aliphatic carbocycles. The second kappa shape index (κ2) is 6.03. The molecule has 0 spiro atoms. The van der Waals surface area contributed by atoms with Crippen LogP contribution in [0.1, 0.15) is 32.0 Å². The highest BCUT2D eigenvalue weighted by atomic mass is 32.2. The topological polar surface area (TPSA) is 64.9 Å². The van der Waals surface area contributed by atoms with Crippen LogP contribution in [-0.4, -0.2) is 21.9 Å². The summed E-state index contributed by atoms with van der Waals surface area (Å²) in [4.78, 5) is 4.27. The molecule has 0 bridgehead atoms. The van der Waals surface area contributed by atoms with Crippen LogP contribution in [0.3, 0.4) is 0 Å². The van der Waals surface area contributed by atoms with E-state index in [2.05, 4.69) is 24.0 Å². The minimum absolute atomic E-state index is 0.441. The Morgan fingerprint density at radius 1 is 1.57 bits per heavy atom. The molecule has 0 radical (unpaired) electrons. The van der Waals surface area contributed by atoms with E-state index in [-0.39, 0.29) is 0 Å². The molecule has 80 valence electrons. The van der Waals surface area contributed by atoms with Gasteiger partial charge >= 0.3 is 0 Å². The van der Waals surface area contributed by atoms with Crippen molar-refractivity contribution in [1.29, 1.82) is 0 Å². The minimum atomic E-state index is 0.441. The van der Waals surface area contributed by atoms with Crippen LogP contribution in [-0.2, 0) is 12.2 Å². The van der Waals surface area contributed by atoms with Crippen molar-refractivity contribution in [3.05, 3.63) is 11.7 Å². The first-order valence-electron chi connectivity index (χ1n) is 4.89. The molecule has 1 heterocycles. The van der Waals surface area contributed by atoms with E-state index in [1.54, 1.807) is 11.8 Å². The van der Waals surface area contributed by atoms with Crippen LogP contribution in [0.5, 0.6) is 0 Å². The first kappa shape index (κ1) is 11.5. The molecule has 1 rings (SSSR count). The number of aryl methyl sites for hydroxylation is 1. The lowest BCUT2D eigenvalue weighted by atomic mass is 10.3. The van der Waals surface area contributed by atoms with E-state index in [4.69, 9.17) is 10.3 Å². The molecule has 0 aromatic carbocycles. The van der Waals surface area contributed by atoms with Gasteiger partial charge in [-0.25, -0.2) is 0 Å². The van der Waals surface area contributed by atoms with E-state index in [1.807, 2.05) is 0 Å². The zero-order valence-corrected chi connectivity index (χ0v) is 9.51. The van der Waals surface area contributed by atoms with Gasteiger partial charge in [-0.3, -0.25) is 0 Å². The van der Waals surface area contributed by atoms with Gasteiger partial charge in [-0.05, 0) is 6.42 Å². The molecule has 0 aliphatic heterocycles. The summed E-state index contributed by atoms with van der Waals surface area (Å²) in [6.45, 7) is 4.87. The number of aromatic nitrogens is 2. The first-order valence-corrected chi connectivity index (χ1v) is 5.94. The second-order valence-corrected chi connectivity index (χ2v) is 4.64. The minimum Gasteiger partial charge on any atom is -0.338 e. The van der Waals surface area contributed by atoms with Gasteiger partial charge < -0.3 is 10.3 Å². The predicted molar refractivity (Wildman–Crippen MR) is 58.1 cm³/mol. The lowest BCUT2D eigenvalue weighted by molar-refractivity contribution is 0.384. The van der Waals surface area contributed by atoms with Gasteiger partial charge in [-0.15, -0.1) is 11.8 Å². The zero-order valence-electron chi connectivity index (χ0n) is 8.69. The molecule has 2 N–H and O–H groups in total. The summed E-state index contributed by atoms with van der Waals surface area (Å²) in [6.07, 6.45) is 1.94. The Labute approximate surface area is 88.6 Å². The standard InChI is InChI=1S/C9H17N3OS/c1-3-4-8-11-9(13-12-8)6-14-7(2)5-10/h7H,3-6,10H2,1-2H3. The molecule has 0 saturated carbocycles. The average Bonchev–Trinajstić information content (AvgIpc) is 2.63. The highest BCUT2D eigenvalue weighted by molar-refractivity contribution is 7.99. The molecule has 0 aliphatic rings. The fourth-order valence-electron chi connectivity index (χ4n) is 0.956. The molecule has 1 unspecified atom stereocenters. The monoisotopic (exact) mass is 215 g/mol. The van der Waals surface area contributed by atoms with Gasteiger partial charge in [-0.2, -0.15) is 4.98 Å². The third kappa shape index (κ3) is 3.67. The summed E-state index contributed by atoms with van der Waals surface area (Å²) in [5.74, 6) is 2.27. The van der Waals surface area contributed by atoms with Crippen molar-refractivity contribution in [2.45, 2.75) is 37.7 Å². The Morgan fingerprint density at radius 3 is 3.00 bits per heavy atom. The molecule has 1 aromatic heterocycles. The molecule has 0 fully saturated rings. The van der Waals surface area contributed by atoms with Crippen molar-refractivity contribution in [3.63, 3.8) is 0 Å². The first-order chi connectivity index (χ1) is 6.76. The van der Waals surface area contributed by atoms with Crippen LogP contribution in [0.15, 0.2) is 4.52 Å². The molecular formula is C9H17N3OS. The summed E-state index contributed by atoms with van der Waals surface area (Å²) >= 11 is 1.74. The van der Waals surface area contributed by atoms with Crippen LogP contribution >= 0.6 is 11.8 Å². The molecule has 1 aromatic rings. The van der Waals surface area contributed by atoms with Gasteiger partial charge in [-0.1, -0.05) is 19.0 Å². The Bertz CT molecular complexity index is 264. The second-order valence-electron chi connectivity index (χ2n) is 3.21. The Morgan fingerprint density at radius 2 is 2.36 bits per heavy atom. The average molecular weight is 215 g/mol. The van der Waals surface area contributed by atoms with Crippen LogP contribution in [0.4, 0.5) is 0 Å². The fraction of sp³-hybridized carbons (Fsp3) is 0.778. The summed E-state index contributed by atoms with van der Waals surface area (Å²) < 4.78 is 5.09. The van der Waals surface area contributed by atoms with E-state index >= 15 is 0 Å². The third-order valence-electron chi connectivity index (χ3n) is 1.81. The Kier molecular flexibility index (Phi) is 4.97. The normalized spacial score (nSPS) is 13.1. The molecule has 4 nitrogen and oxygen atoms in total. The van der Waals surface area contributed by atoms with Gasteiger partial charge in [0.1, 0.15) is 0 Å². The maximum absolute atomic E-state index is 5.50. The van der Waals surface area contributed by atoms with Crippen LogP contribution < -0.4 is 5.73 Å². The van der Waals surface area contributed by atoms with E-state index in [0.717, 1.165) is 24.4 Å². The van der Waals surface area contributed by atoms with Gasteiger partial charge in [0, 0.05) is 18.2 Å². The number of nitrogens with zero attached hydrogens (tertiary/aromatic N) is 2. The predicted octanol–water partition coefficient (Wildman–Crippen LogP) is 1.60. The maximum Gasteiger partial charge on any atom is 0.236 e. The van der Waals surface area contributed by atoms with E-state index in [0.29, 0.717) is 17.7 Å². The highest BCUT2D eigenvalue weighted by Gasteiger charge is 2.07. The molecule has 14 heavy (non-hydrogen) atoms. The molecule has 5 heteroatoms. The van der Waals surface area contributed by atoms with E-state index in [1.165, 1.54) is 0 Å². The van der Waals surface area contributed by atoms with Gasteiger partial charge in [0.15, 0.2) is 5.82 Å². The Balaban J connectivity index is 2.35. The van der Waals surface area contributed by atoms with Crippen LogP contribution in [0.2, 0.25) is 0 Å². The van der Waals surface area contributed by atoms with Gasteiger partial charge in [0.2, 0.25) is 5.89 Å². The van der Waals surface area contributed by atoms with Crippen molar-refractivity contribution in [2.75, 3.05) is 6.54 Å². The van der Waals surface area contributed by atoms with E-state index in [9.17, 15) is 0 Å². The van der Waals surface area contributed by atoms with Crippen molar-refractivity contribution < 1.29 is 4.52 Å². The van der Waals surface area contributed by atoms with Crippen molar-refractivity contribution in [1.82, 2.24) is 10.1 Å². The van der Waals surface area contributed by atoms with Crippen molar-refractivity contribution in [2.24, 2.45) is 5.73 Å². The van der Waals surface area contributed by atoms with Crippen LogP contribution in [0.25, 0.3) is 0 Å². The largest absolute Gasteiger partial charge is 0.338 e. The molecule has 0 saturated heterocycles. The molecule has 1 atom stereocenters. The summed E-state index contributed by atoms with van der Waals surface area (Å²) in [5, 5.41) is 4.32. The van der Waals surface area contributed by atoms with Gasteiger partial charge in [0.05, 0.1) is 5.75 Å². The smallest absolute Gasteiger partial charge is 0.236 e. The lowest BCUT2D eigenvalue weighted by Crippen LogP contribution is -2.12. The van der Waals surface area contributed by atoms with Crippen molar-refractivity contribution >= 4 is 11.8 Å². The molecular weight excluding hydrogens is 198 g/mol. The lowest BCUT2D eigenvalue weighted by Gasteiger charge is -2.03. The quantitative estimate of drug-likeness (QED) is 0.781. The van der Waals surface area contributed by atoms with E-state index < -0.39 is 0 Å². The summed E-state index contributed by atoms with van der Waals surface area (Å²) in [5.41, 5.74) is 5.50. The van der Waals surface area contributed by atoms with Crippen molar-refractivity contribution in [3.8, 4) is 0 Å². The van der Waals surface area contributed by atoms with Crippen LogP contribution in [0, 0.1) is 0 Å². The number of hydrogen-bond donors (Lipinski definition) is 1. The van der Waals surface area contributed by atoms with Gasteiger partial charge in [0.25, 0.3) is 0 Å². The number of rotatable bonds is 6. The molecule has 0 amide bonds. The maximum atomic E-state index is 5.50. The third-order valence-corrected chi connectivity index (χ3v) is 2.98. The fourth-order valence-corrected chi connectivity index (χ4v) is 1.64. The summed E-state index contributed by atoms with van der Waals surface area (Å²) in [7, 11) is 0. The SMILES string of the molecule is CCCc1noc(CSC(C)CN)n1. The Hall–Kier alpha value is -0.550. The number of thioether (sulfide) groups is 1. The number of nitrogens with two attached hydrogens (primary N) is 1. The highest BCUT2D eigenvalue weighted by Crippen LogP contribution is 2.15.